The molecule has 0 amide bonds. The normalized spacial score (nSPS) is 11.7. The Morgan fingerprint density at radius 2 is 1.33 bits per heavy atom. The van der Waals surface area contributed by atoms with E-state index in [1.54, 1.807) is 48.5 Å². The Balaban J connectivity index is 1.98. The van der Waals surface area contributed by atoms with Gasteiger partial charge in [-0.3, -0.25) is 4.79 Å². The van der Waals surface area contributed by atoms with Crippen LogP contribution in [0.4, 0.5) is 0 Å². The Kier molecular flexibility index (Phi) is 9.74. The van der Waals surface area contributed by atoms with Crippen molar-refractivity contribution in [3.8, 4) is 0 Å². The van der Waals surface area contributed by atoms with Crippen LogP contribution in [0, 0.1) is 5.41 Å². The molecule has 176 valence electrons. The number of ketones is 1. The number of Topliss-reactive ketones (excluding diaryl/α,β-unsaturated/α-hetero) is 1. The van der Waals surface area contributed by atoms with E-state index in [1.807, 2.05) is 0 Å². The highest BCUT2D eigenvalue weighted by Gasteiger charge is 2.30. The van der Waals surface area contributed by atoms with Crippen LogP contribution in [0.3, 0.4) is 0 Å². The first-order valence-corrected chi connectivity index (χ1v) is 10.7. The smallest absolute Gasteiger partial charge is 0.338 e. The predicted octanol–water partition coefficient (Wildman–Crippen LogP) is 2.08. The van der Waals surface area contributed by atoms with Crippen molar-refractivity contribution in [1.82, 2.24) is 0 Å². The lowest BCUT2D eigenvalue weighted by molar-refractivity contribution is -0.140. The molecule has 2 rings (SSSR count). The highest BCUT2D eigenvalue weighted by Crippen LogP contribution is 2.28. The molecular formula is C23H25NO8S. The lowest BCUT2D eigenvalue weighted by atomic mass is 9.93. The number of benzene rings is 2. The van der Waals surface area contributed by atoms with E-state index in [2.05, 4.69) is 9.99 Å². The molecule has 0 aliphatic rings. The van der Waals surface area contributed by atoms with Crippen LogP contribution in [-0.4, -0.2) is 65.2 Å². The van der Waals surface area contributed by atoms with E-state index in [4.69, 9.17) is 4.74 Å². The molecule has 0 heterocycles. The molecule has 33 heavy (non-hydrogen) atoms. The van der Waals surface area contributed by atoms with E-state index < -0.39 is 37.2 Å². The molecule has 2 aromatic carbocycles. The van der Waals surface area contributed by atoms with Crippen LogP contribution in [-0.2, 0) is 14.4 Å². The van der Waals surface area contributed by atoms with E-state index in [-0.39, 0.29) is 23.7 Å². The van der Waals surface area contributed by atoms with E-state index in [9.17, 15) is 29.7 Å². The van der Waals surface area contributed by atoms with Crippen LogP contribution in [0.25, 0.3) is 0 Å². The van der Waals surface area contributed by atoms with Gasteiger partial charge in [-0.25, -0.2) is 9.59 Å². The SMILES string of the molecule is CC(=O)ON=C(C)C(=O)c1ccc(Sc2ccc(C(=O)OCC(CO)(CO)CO)cc2)cc1. The molecule has 0 radical (unpaired) electrons. The second-order valence-corrected chi connectivity index (χ2v) is 8.44. The third-order valence-corrected chi connectivity index (χ3v) is 5.61. The van der Waals surface area contributed by atoms with Crippen molar-refractivity contribution in [3.05, 3.63) is 59.7 Å². The van der Waals surface area contributed by atoms with Crippen LogP contribution in [0.15, 0.2) is 63.5 Å². The second kappa shape index (κ2) is 12.3. The Labute approximate surface area is 195 Å². The summed E-state index contributed by atoms with van der Waals surface area (Å²) in [6, 6.07) is 13.4. The number of hydrogen-bond donors (Lipinski definition) is 3. The Morgan fingerprint density at radius 1 is 0.848 bits per heavy atom. The quantitative estimate of drug-likeness (QED) is 0.146. The fourth-order valence-corrected chi connectivity index (χ4v) is 3.26. The van der Waals surface area contributed by atoms with Crippen LogP contribution >= 0.6 is 11.8 Å². The highest BCUT2D eigenvalue weighted by atomic mass is 32.2. The first-order valence-electron chi connectivity index (χ1n) is 9.88. The van der Waals surface area contributed by atoms with Gasteiger partial charge in [-0.15, -0.1) is 0 Å². The number of rotatable bonds is 11. The average molecular weight is 476 g/mol. The summed E-state index contributed by atoms with van der Waals surface area (Å²) in [5.74, 6) is -1.61. The molecule has 0 aliphatic heterocycles. The lowest BCUT2D eigenvalue weighted by Crippen LogP contribution is -2.39. The van der Waals surface area contributed by atoms with Crippen molar-refractivity contribution in [2.75, 3.05) is 26.4 Å². The number of carbonyl (C=O) groups excluding carboxylic acids is 3. The van der Waals surface area contributed by atoms with Crippen molar-refractivity contribution in [1.29, 1.82) is 0 Å². The summed E-state index contributed by atoms with van der Waals surface area (Å²) in [6.07, 6.45) is 0. The zero-order chi connectivity index (χ0) is 24.4. The molecule has 9 nitrogen and oxygen atoms in total. The maximum Gasteiger partial charge on any atom is 0.338 e. The Morgan fingerprint density at radius 3 is 1.79 bits per heavy atom. The van der Waals surface area contributed by atoms with Gasteiger partial charge in [0.1, 0.15) is 12.3 Å². The van der Waals surface area contributed by atoms with Crippen molar-refractivity contribution in [2.45, 2.75) is 23.6 Å². The number of esters is 1. The van der Waals surface area contributed by atoms with E-state index in [0.717, 1.165) is 9.79 Å². The molecule has 0 saturated heterocycles. The number of oxime groups is 1. The fraction of sp³-hybridized carbons (Fsp3) is 0.304. The number of carbonyl (C=O) groups is 3. The standard InChI is InChI=1S/C23H25NO8S/c1-15(24-32-16(2)28)21(29)17-3-7-19(8-4-17)33-20-9-5-18(6-10-20)22(30)31-14-23(11-25,12-26)13-27/h3-10,25-27H,11-14H2,1-2H3. The van der Waals surface area contributed by atoms with Gasteiger partial charge in [-0.2, -0.15) is 0 Å². The molecule has 10 heteroatoms. The van der Waals surface area contributed by atoms with Crippen LogP contribution in [0.5, 0.6) is 0 Å². The summed E-state index contributed by atoms with van der Waals surface area (Å²) in [5.41, 5.74) is -0.549. The summed E-state index contributed by atoms with van der Waals surface area (Å²) in [6.45, 7) is 0.766. The van der Waals surface area contributed by atoms with Gasteiger partial charge in [0.25, 0.3) is 0 Å². The maximum absolute atomic E-state index is 12.3. The van der Waals surface area contributed by atoms with Gasteiger partial charge in [0.05, 0.1) is 30.8 Å². The summed E-state index contributed by atoms with van der Waals surface area (Å²) in [5, 5.41) is 31.4. The zero-order valence-corrected chi connectivity index (χ0v) is 19.0. The molecular weight excluding hydrogens is 450 g/mol. The van der Waals surface area contributed by atoms with Gasteiger partial charge in [-0.1, -0.05) is 16.9 Å². The highest BCUT2D eigenvalue weighted by molar-refractivity contribution is 7.99. The summed E-state index contributed by atoms with van der Waals surface area (Å²) >= 11 is 1.42. The zero-order valence-electron chi connectivity index (χ0n) is 18.2. The minimum Gasteiger partial charge on any atom is -0.461 e. The number of hydrogen-bond acceptors (Lipinski definition) is 10. The van der Waals surface area contributed by atoms with Gasteiger partial charge < -0.3 is 24.9 Å². The fourth-order valence-electron chi connectivity index (χ4n) is 2.44. The van der Waals surface area contributed by atoms with Crippen molar-refractivity contribution in [3.63, 3.8) is 0 Å². The van der Waals surface area contributed by atoms with E-state index in [1.165, 1.54) is 25.6 Å². The second-order valence-electron chi connectivity index (χ2n) is 7.29. The molecule has 0 atom stereocenters. The van der Waals surface area contributed by atoms with Crippen molar-refractivity contribution in [2.24, 2.45) is 10.6 Å². The maximum atomic E-state index is 12.3. The molecule has 0 bridgehead atoms. The number of aliphatic hydroxyl groups is 3. The predicted molar refractivity (Wildman–Crippen MR) is 120 cm³/mol. The van der Waals surface area contributed by atoms with E-state index >= 15 is 0 Å². The molecule has 0 unspecified atom stereocenters. The first-order chi connectivity index (χ1) is 15.7. The lowest BCUT2D eigenvalue weighted by Gasteiger charge is -2.26. The third-order valence-electron chi connectivity index (χ3n) is 4.60. The molecule has 3 N–H and O–H groups in total. The van der Waals surface area contributed by atoms with Gasteiger partial charge >= 0.3 is 11.9 Å². The van der Waals surface area contributed by atoms with Crippen molar-refractivity contribution >= 4 is 35.2 Å². The molecule has 0 spiro atoms. The third kappa shape index (κ3) is 7.50. The minimum absolute atomic E-state index is 0.0577. The molecule has 2 aromatic rings. The molecule has 0 fully saturated rings. The summed E-state index contributed by atoms with van der Waals surface area (Å²) in [7, 11) is 0. The van der Waals surface area contributed by atoms with Crippen LogP contribution in [0.1, 0.15) is 34.6 Å². The van der Waals surface area contributed by atoms with Gasteiger partial charge in [0.2, 0.25) is 5.78 Å². The van der Waals surface area contributed by atoms with Gasteiger partial charge in [-0.05, 0) is 55.5 Å². The summed E-state index contributed by atoms with van der Waals surface area (Å²) in [4.78, 5) is 41.5. The number of ether oxygens (including phenoxy) is 1. The molecule has 0 aliphatic carbocycles. The van der Waals surface area contributed by atoms with Crippen LogP contribution in [0.2, 0.25) is 0 Å². The van der Waals surface area contributed by atoms with Crippen molar-refractivity contribution < 1.29 is 39.3 Å². The van der Waals surface area contributed by atoms with Gasteiger partial charge in [0.15, 0.2) is 0 Å². The monoisotopic (exact) mass is 475 g/mol. The van der Waals surface area contributed by atoms with Gasteiger partial charge in [0, 0.05) is 22.3 Å². The largest absolute Gasteiger partial charge is 0.461 e. The topological polar surface area (TPSA) is 143 Å². The average Bonchev–Trinajstić information content (AvgIpc) is 2.84. The Bertz CT molecular complexity index is 990. The van der Waals surface area contributed by atoms with E-state index in [0.29, 0.717) is 5.56 Å². The van der Waals surface area contributed by atoms with Crippen LogP contribution < -0.4 is 0 Å². The first kappa shape index (κ1) is 26.2. The number of aliphatic hydroxyl groups excluding tert-OH is 3. The Hall–Kier alpha value is -3.05. The number of nitrogens with zero attached hydrogens (tertiary/aromatic N) is 1. The molecule has 0 aromatic heterocycles. The minimum atomic E-state index is -1.29. The molecule has 0 saturated carbocycles. The summed E-state index contributed by atoms with van der Waals surface area (Å²) < 4.78 is 5.11.